The molecule has 1 saturated heterocycles. The van der Waals surface area contributed by atoms with Crippen molar-refractivity contribution in [3.8, 4) is 0 Å². The third-order valence-corrected chi connectivity index (χ3v) is 6.92. The zero-order chi connectivity index (χ0) is 26.1. The van der Waals surface area contributed by atoms with Crippen molar-refractivity contribution in [2.45, 2.75) is 122 Å². The van der Waals surface area contributed by atoms with Gasteiger partial charge in [-0.2, -0.15) is 0 Å². The SMILES string of the molecule is C=CCOCCCCCCCCCCCCCCCOCOCc1ccccc1COC1CCCCO1. The lowest BCUT2D eigenvalue weighted by molar-refractivity contribution is -0.169. The summed E-state index contributed by atoms with van der Waals surface area (Å²) < 4.78 is 28.5. The highest BCUT2D eigenvalue weighted by Gasteiger charge is 2.14. The van der Waals surface area contributed by atoms with E-state index >= 15 is 0 Å². The summed E-state index contributed by atoms with van der Waals surface area (Å²) in [6.07, 6.45) is 22.3. The molecule has 1 atom stereocenters. The lowest BCUT2D eigenvalue weighted by Crippen LogP contribution is -2.22. The normalized spacial score (nSPS) is 15.7. The summed E-state index contributed by atoms with van der Waals surface area (Å²) in [7, 11) is 0. The van der Waals surface area contributed by atoms with E-state index in [0.29, 0.717) is 26.6 Å². The molecule has 0 saturated carbocycles. The Bertz CT molecular complexity index is 644. The Hall–Kier alpha value is -1.24. The fourth-order valence-corrected chi connectivity index (χ4v) is 4.65. The molecule has 2 rings (SSSR count). The zero-order valence-corrected chi connectivity index (χ0v) is 23.5. The van der Waals surface area contributed by atoms with Gasteiger partial charge in [0.05, 0.1) is 19.8 Å². The van der Waals surface area contributed by atoms with E-state index < -0.39 is 0 Å². The average Bonchev–Trinajstić information content (AvgIpc) is 2.94. The number of ether oxygens (including phenoxy) is 5. The molecule has 1 aromatic carbocycles. The molecule has 5 nitrogen and oxygen atoms in total. The van der Waals surface area contributed by atoms with Gasteiger partial charge in [-0.15, -0.1) is 6.58 Å². The number of hydrogen-bond donors (Lipinski definition) is 0. The first-order chi connectivity index (χ1) is 18.4. The third kappa shape index (κ3) is 17.8. The molecule has 5 heteroatoms. The summed E-state index contributed by atoms with van der Waals surface area (Å²) in [6, 6.07) is 8.30. The van der Waals surface area contributed by atoms with Crippen molar-refractivity contribution >= 4 is 0 Å². The summed E-state index contributed by atoms with van der Waals surface area (Å²) in [6.45, 7) is 8.29. The van der Waals surface area contributed by atoms with Crippen LogP contribution >= 0.6 is 0 Å². The quantitative estimate of drug-likeness (QED) is 0.0737. The Balaban J connectivity index is 1.31. The van der Waals surface area contributed by atoms with Gasteiger partial charge in [0.25, 0.3) is 0 Å². The van der Waals surface area contributed by atoms with E-state index in [-0.39, 0.29) is 6.29 Å². The molecular formula is C32H54O5. The molecule has 0 amide bonds. The van der Waals surface area contributed by atoms with Crippen LogP contribution in [0.3, 0.4) is 0 Å². The van der Waals surface area contributed by atoms with Crippen LogP contribution in [0.25, 0.3) is 0 Å². The third-order valence-electron chi connectivity index (χ3n) is 6.92. The first-order valence-corrected chi connectivity index (χ1v) is 15.0. The molecule has 0 radical (unpaired) electrons. The maximum atomic E-state index is 5.94. The van der Waals surface area contributed by atoms with Crippen molar-refractivity contribution in [3.63, 3.8) is 0 Å². The van der Waals surface area contributed by atoms with E-state index in [0.717, 1.165) is 50.2 Å². The van der Waals surface area contributed by atoms with E-state index in [9.17, 15) is 0 Å². The lowest BCUT2D eigenvalue weighted by Gasteiger charge is -2.23. The number of unbranched alkanes of at least 4 members (excludes halogenated alkanes) is 12. The van der Waals surface area contributed by atoms with Gasteiger partial charge in [0.1, 0.15) is 6.79 Å². The van der Waals surface area contributed by atoms with Gasteiger partial charge < -0.3 is 23.7 Å². The lowest BCUT2D eigenvalue weighted by atomic mass is 10.0. The minimum Gasteiger partial charge on any atom is -0.377 e. The molecule has 1 aliphatic rings. The van der Waals surface area contributed by atoms with Crippen LogP contribution in [-0.4, -0.2) is 39.5 Å². The van der Waals surface area contributed by atoms with Crippen LogP contribution in [0.1, 0.15) is 114 Å². The Kier molecular flexibility index (Phi) is 20.6. The highest BCUT2D eigenvalue weighted by atomic mass is 16.7. The van der Waals surface area contributed by atoms with Crippen LogP contribution < -0.4 is 0 Å². The molecule has 0 aromatic heterocycles. The van der Waals surface area contributed by atoms with Gasteiger partial charge in [-0.25, -0.2) is 0 Å². The predicted molar refractivity (Wildman–Crippen MR) is 151 cm³/mol. The predicted octanol–water partition coefficient (Wildman–Crippen LogP) is 8.49. The van der Waals surface area contributed by atoms with Gasteiger partial charge >= 0.3 is 0 Å². The minimum absolute atomic E-state index is 0.0648. The standard InChI is InChI=1S/C32H54O5/c1-2-23-33-24-17-12-10-8-6-4-3-5-7-9-11-13-18-25-34-29-35-27-30-20-14-15-21-31(30)28-37-32-22-16-19-26-36-32/h2,14-15,20-21,32H,1,3-13,16-19,22-29H2. The zero-order valence-electron chi connectivity index (χ0n) is 23.5. The Morgan fingerprint density at radius 3 is 1.84 bits per heavy atom. The molecule has 1 fully saturated rings. The molecule has 212 valence electrons. The molecule has 0 aliphatic carbocycles. The summed E-state index contributed by atoms with van der Waals surface area (Å²) >= 11 is 0. The molecule has 0 N–H and O–H groups in total. The maximum absolute atomic E-state index is 5.94. The van der Waals surface area contributed by atoms with E-state index in [1.807, 2.05) is 18.2 Å². The monoisotopic (exact) mass is 518 g/mol. The smallest absolute Gasteiger partial charge is 0.158 e. The van der Waals surface area contributed by atoms with Crippen molar-refractivity contribution in [2.75, 3.05) is 33.2 Å². The largest absolute Gasteiger partial charge is 0.377 e. The van der Waals surface area contributed by atoms with Gasteiger partial charge in [0.2, 0.25) is 0 Å². The van der Waals surface area contributed by atoms with Gasteiger partial charge in [-0.3, -0.25) is 0 Å². The molecule has 1 aliphatic heterocycles. The first-order valence-electron chi connectivity index (χ1n) is 15.0. The van der Waals surface area contributed by atoms with Gasteiger partial charge in [0.15, 0.2) is 6.29 Å². The molecule has 0 bridgehead atoms. The maximum Gasteiger partial charge on any atom is 0.158 e. The molecule has 0 spiro atoms. The van der Waals surface area contributed by atoms with Crippen molar-refractivity contribution in [3.05, 3.63) is 48.0 Å². The van der Waals surface area contributed by atoms with E-state index in [4.69, 9.17) is 23.7 Å². The van der Waals surface area contributed by atoms with Gasteiger partial charge in [-0.05, 0) is 43.2 Å². The van der Waals surface area contributed by atoms with Crippen LogP contribution in [0, 0.1) is 0 Å². The average molecular weight is 519 g/mol. The fraction of sp³-hybridized carbons (Fsp3) is 0.750. The second-order valence-electron chi connectivity index (χ2n) is 10.2. The van der Waals surface area contributed by atoms with Crippen LogP contribution in [0.4, 0.5) is 0 Å². The summed E-state index contributed by atoms with van der Waals surface area (Å²) in [4.78, 5) is 0. The van der Waals surface area contributed by atoms with E-state index in [1.54, 1.807) is 0 Å². The van der Waals surface area contributed by atoms with E-state index in [2.05, 4.69) is 18.7 Å². The topological polar surface area (TPSA) is 46.2 Å². The molecule has 1 heterocycles. The Morgan fingerprint density at radius 1 is 0.703 bits per heavy atom. The first kappa shape index (κ1) is 32.0. The van der Waals surface area contributed by atoms with Gasteiger partial charge in [-0.1, -0.05) is 101 Å². The summed E-state index contributed by atoms with van der Waals surface area (Å²) in [5.41, 5.74) is 2.32. The number of rotatable bonds is 25. The van der Waals surface area contributed by atoms with Crippen molar-refractivity contribution in [2.24, 2.45) is 0 Å². The van der Waals surface area contributed by atoms with Crippen LogP contribution in [0.5, 0.6) is 0 Å². The fourth-order valence-electron chi connectivity index (χ4n) is 4.65. The summed E-state index contributed by atoms with van der Waals surface area (Å²) in [5.74, 6) is 0. The van der Waals surface area contributed by atoms with E-state index in [1.165, 1.54) is 83.5 Å². The Morgan fingerprint density at radius 2 is 1.27 bits per heavy atom. The highest BCUT2D eigenvalue weighted by molar-refractivity contribution is 5.25. The van der Waals surface area contributed by atoms with Crippen molar-refractivity contribution < 1.29 is 23.7 Å². The molecule has 1 unspecified atom stereocenters. The molecule has 37 heavy (non-hydrogen) atoms. The van der Waals surface area contributed by atoms with Crippen LogP contribution in [0.15, 0.2) is 36.9 Å². The molecular weight excluding hydrogens is 464 g/mol. The van der Waals surface area contributed by atoms with Gasteiger partial charge in [0, 0.05) is 19.8 Å². The second-order valence-corrected chi connectivity index (χ2v) is 10.2. The van der Waals surface area contributed by atoms with Crippen molar-refractivity contribution in [1.82, 2.24) is 0 Å². The highest BCUT2D eigenvalue weighted by Crippen LogP contribution is 2.18. The van der Waals surface area contributed by atoms with Crippen LogP contribution in [-0.2, 0) is 36.9 Å². The molecule has 1 aromatic rings. The second kappa shape index (κ2) is 23.8. The summed E-state index contributed by atoms with van der Waals surface area (Å²) in [5, 5.41) is 0. The van der Waals surface area contributed by atoms with Crippen LogP contribution in [0.2, 0.25) is 0 Å². The Labute approximate surface area is 227 Å². The number of benzene rings is 1. The van der Waals surface area contributed by atoms with Crippen molar-refractivity contribution in [1.29, 1.82) is 0 Å². The number of hydrogen-bond acceptors (Lipinski definition) is 5. The minimum atomic E-state index is -0.0648.